The number of nitro groups is 2. The fourth-order valence-corrected chi connectivity index (χ4v) is 1.58. The molecule has 0 bridgehead atoms. The minimum absolute atomic E-state index is 0. The molecule has 2 rings (SSSR count). The number of carbonyl (C=O) groups excluding carboxylic acids is 1. The standard InChI is InChI=1S/C13H8N2O6.H3N.Na.H/c16-13(9-4-2-1-3-5-9)21-12-7-6-10(14(17)18)8-11(12)15(19)20;;;/h1-8H;1H3;;. The number of nitro benzene ring substituents is 2. The zero-order valence-electron chi connectivity index (χ0n) is 11.2. The van der Waals surface area contributed by atoms with Crippen LogP contribution < -0.4 is 10.9 Å². The Bertz CT molecular complexity index is 723. The molecule has 0 saturated carbocycles. The van der Waals surface area contributed by atoms with Crippen molar-refractivity contribution >= 4 is 46.9 Å². The molecule has 2 aromatic rings. The number of ether oxygens (including phenoxy) is 1. The molecular formula is C13H12N3NaO6. The number of nitrogens with zero attached hydrogens (tertiary/aromatic N) is 2. The number of carbonyl (C=O) groups is 1. The summed E-state index contributed by atoms with van der Waals surface area (Å²) in [5.74, 6) is -1.13. The fraction of sp³-hybridized carbons (Fsp3) is 0. The van der Waals surface area contributed by atoms with Crippen LogP contribution in [0.15, 0.2) is 48.5 Å². The first-order chi connectivity index (χ1) is 9.99. The quantitative estimate of drug-likeness (QED) is 0.297. The molecule has 0 fully saturated rings. The molecular weight excluding hydrogens is 317 g/mol. The Morgan fingerprint density at radius 2 is 1.57 bits per heavy atom. The second kappa shape index (κ2) is 8.96. The van der Waals surface area contributed by atoms with Gasteiger partial charge in [0.15, 0.2) is 0 Å². The predicted molar refractivity (Wildman–Crippen MR) is 83.3 cm³/mol. The molecule has 0 radical (unpaired) electrons. The van der Waals surface area contributed by atoms with Gasteiger partial charge in [0.2, 0.25) is 5.75 Å². The molecule has 0 atom stereocenters. The molecule has 0 amide bonds. The van der Waals surface area contributed by atoms with Crippen molar-refractivity contribution in [2.75, 3.05) is 0 Å². The topological polar surface area (TPSA) is 148 Å². The molecule has 0 saturated heterocycles. The normalized spacial score (nSPS) is 9.04. The first-order valence-electron chi connectivity index (χ1n) is 5.69. The summed E-state index contributed by atoms with van der Waals surface area (Å²) in [6.07, 6.45) is 0. The maximum atomic E-state index is 11.8. The van der Waals surface area contributed by atoms with Gasteiger partial charge in [0.1, 0.15) is 0 Å². The van der Waals surface area contributed by atoms with E-state index in [1.165, 1.54) is 12.1 Å². The second-order valence-electron chi connectivity index (χ2n) is 3.92. The van der Waals surface area contributed by atoms with Crippen molar-refractivity contribution < 1.29 is 19.4 Å². The Labute approximate surface area is 152 Å². The van der Waals surface area contributed by atoms with Crippen LogP contribution in [-0.4, -0.2) is 45.4 Å². The summed E-state index contributed by atoms with van der Waals surface area (Å²) in [5.41, 5.74) is -0.889. The summed E-state index contributed by atoms with van der Waals surface area (Å²) in [6.45, 7) is 0. The number of non-ortho nitro benzene ring substituents is 1. The maximum absolute atomic E-state index is 11.8. The van der Waals surface area contributed by atoms with Crippen molar-refractivity contribution in [3.05, 3.63) is 74.3 Å². The van der Waals surface area contributed by atoms with Gasteiger partial charge in [-0.1, -0.05) is 18.2 Å². The van der Waals surface area contributed by atoms with Crippen molar-refractivity contribution in [2.24, 2.45) is 0 Å². The van der Waals surface area contributed by atoms with Crippen molar-refractivity contribution in [1.29, 1.82) is 0 Å². The molecule has 9 nitrogen and oxygen atoms in total. The zero-order chi connectivity index (χ0) is 15.4. The fourth-order valence-electron chi connectivity index (χ4n) is 1.58. The second-order valence-corrected chi connectivity index (χ2v) is 3.92. The van der Waals surface area contributed by atoms with Crippen molar-refractivity contribution in [3.8, 4) is 5.75 Å². The van der Waals surface area contributed by atoms with Gasteiger partial charge < -0.3 is 10.9 Å². The van der Waals surface area contributed by atoms with Crippen LogP contribution in [0.4, 0.5) is 11.4 Å². The van der Waals surface area contributed by atoms with Gasteiger partial charge in [0.05, 0.1) is 21.5 Å². The Morgan fingerprint density at radius 3 is 2.09 bits per heavy atom. The summed E-state index contributed by atoms with van der Waals surface area (Å²) < 4.78 is 4.92. The van der Waals surface area contributed by atoms with Gasteiger partial charge in [-0.3, -0.25) is 20.2 Å². The number of hydrogen-bond donors (Lipinski definition) is 1. The van der Waals surface area contributed by atoms with Gasteiger partial charge >= 0.3 is 41.2 Å². The average molecular weight is 329 g/mol. The molecule has 0 heterocycles. The van der Waals surface area contributed by atoms with Gasteiger partial charge in [-0.2, -0.15) is 0 Å². The minimum atomic E-state index is -0.847. The summed E-state index contributed by atoms with van der Waals surface area (Å²) >= 11 is 0. The van der Waals surface area contributed by atoms with E-state index in [1.54, 1.807) is 18.2 Å². The molecule has 2 aromatic carbocycles. The van der Waals surface area contributed by atoms with Crippen LogP contribution in [0.1, 0.15) is 10.4 Å². The van der Waals surface area contributed by atoms with E-state index < -0.39 is 27.2 Å². The number of esters is 1. The van der Waals surface area contributed by atoms with Crippen molar-refractivity contribution in [1.82, 2.24) is 6.15 Å². The SMILES string of the molecule is N.O=C(Oc1ccc([N+](=O)[O-])cc1[N+](=O)[O-])c1ccccc1.[NaH]. The number of rotatable bonds is 4. The molecule has 0 aliphatic heterocycles. The van der Waals surface area contributed by atoms with Crippen LogP contribution in [0.3, 0.4) is 0 Å². The summed E-state index contributed by atoms with van der Waals surface area (Å²) in [7, 11) is 0. The van der Waals surface area contributed by atoms with Gasteiger partial charge in [-0.25, -0.2) is 4.79 Å². The van der Waals surface area contributed by atoms with Gasteiger partial charge in [-0.05, 0) is 18.2 Å². The summed E-state index contributed by atoms with van der Waals surface area (Å²) in [4.78, 5) is 31.7. The summed E-state index contributed by atoms with van der Waals surface area (Å²) in [6, 6.07) is 10.7. The molecule has 0 unspecified atom stereocenters. The van der Waals surface area contributed by atoms with Crippen LogP contribution in [0.25, 0.3) is 0 Å². The van der Waals surface area contributed by atoms with E-state index >= 15 is 0 Å². The van der Waals surface area contributed by atoms with Crippen LogP contribution in [-0.2, 0) is 0 Å². The van der Waals surface area contributed by atoms with Crippen molar-refractivity contribution in [3.63, 3.8) is 0 Å². The van der Waals surface area contributed by atoms with E-state index in [0.29, 0.717) is 0 Å². The molecule has 3 N–H and O–H groups in total. The number of benzene rings is 2. The van der Waals surface area contributed by atoms with Gasteiger partial charge in [0, 0.05) is 6.07 Å². The third-order valence-electron chi connectivity index (χ3n) is 2.56. The third-order valence-corrected chi connectivity index (χ3v) is 2.56. The molecule has 0 aliphatic rings. The molecule has 23 heavy (non-hydrogen) atoms. The van der Waals surface area contributed by atoms with E-state index in [4.69, 9.17) is 4.74 Å². The monoisotopic (exact) mass is 329 g/mol. The first-order valence-corrected chi connectivity index (χ1v) is 5.69. The van der Waals surface area contributed by atoms with Crippen LogP contribution in [0.5, 0.6) is 5.75 Å². The van der Waals surface area contributed by atoms with Gasteiger partial charge in [-0.15, -0.1) is 0 Å². The first kappa shape index (κ1) is 20.7. The van der Waals surface area contributed by atoms with E-state index in [0.717, 1.165) is 18.2 Å². The Kier molecular flexibility index (Phi) is 8.05. The Balaban J connectivity index is 0.00000242. The molecule has 0 aliphatic carbocycles. The average Bonchev–Trinajstić information content (AvgIpc) is 2.48. The molecule has 0 aromatic heterocycles. The summed E-state index contributed by atoms with van der Waals surface area (Å²) in [5, 5.41) is 21.5. The Morgan fingerprint density at radius 1 is 0.957 bits per heavy atom. The number of hydrogen-bond acceptors (Lipinski definition) is 7. The van der Waals surface area contributed by atoms with E-state index in [1.807, 2.05) is 0 Å². The van der Waals surface area contributed by atoms with Crippen LogP contribution in [0, 0.1) is 20.2 Å². The van der Waals surface area contributed by atoms with Crippen molar-refractivity contribution in [2.45, 2.75) is 0 Å². The zero-order valence-corrected chi connectivity index (χ0v) is 11.2. The third kappa shape index (κ3) is 5.11. The van der Waals surface area contributed by atoms with E-state index in [-0.39, 0.29) is 47.0 Å². The van der Waals surface area contributed by atoms with Gasteiger partial charge in [0.25, 0.3) is 5.69 Å². The molecule has 10 heteroatoms. The van der Waals surface area contributed by atoms with Crippen LogP contribution >= 0.6 is 0 Å². The molecule has 116 valence electrons. The van der Waals surface area contributed by atoms with E-state index in [2.05, 4.69) is 0 Å². The van der Waals surface area contributed by atoms with E-state index in [9.17, 15) is 25.0 Å². The predicted octanol–water partition coefficient (Wildman–Crippen LogP) is 2.24. The Hall–Kier alpha value is -2.33. The molecule has 0 spiro atoms. The van der Waals surface area contributed by atoms with Crippen LogP contribution in [0.2, 0.25) is 0 Å².